The number of nitrogens with one attached hydrogen (secondary N) is 2. The number of morpholine rings is 1. The van der Waals surface area contributed by atoms with Crippen LogP contribution in [0.2, 0.25) is 0 Å². The van der Waals surface area contributed by atoms with Crippen LogP contribution in [0.4, 0.5) is 0 Å². The summed E-state index contributed by atoms with van der Waals surface area (Å²) in [5, 5.41) is 6.93. The topological polar surface area (TPSA) is 80.2 Å². The molecule has 0 saturated carbocycles. The van der Waals surface area contributed by atoms with Gasteiger partial charge in [-0.1, -0.05) is 6.07 Å². The first-order valence-corrected chi connectivity index (χ1v) is 11.0. The van der Waals surface area contributed by atoms with Gasteiger partial charge in [-0.05, 0) is 48.2 Å². The van der Waals surface area contributed by atoms with E-state index in [-0.39, 0.29) is 30.0 Å². The number of hydrogen-bond donors (Lipinski definition) is 2. The Bertz CT molecular complexity index is 890. The third kappa shape index (κ3) is 7.72. The maximum absolute atomic E-state index is 5.57. The van der Waals surface area contributed by atoms with Crippen LogP contribution in [-0.2, 0) is 11.2 Å². The molecule has 1 aliphatic rings. The molecule has 0 amide bonds. The minimum Gasteiger partial charge on any atom is -0.493 e. The summed E-state index contributed by atoms with van der Waals surface area (Å²) < 4.78 is 16.5. The van der Waals surface area contributed by atoms with Crippen LogP contribution >= 0.6 is 24.0 Å². The van der Waals surface area contributed by atoms with Gasteiger partial charge in [0.1, 0.15) is 0 Å². The lowest BCUT2D eigenvalue weighted by Gasteiger charge is -2.35. The van der Waals surface area contributed by atoms with Crippen molar-refractivity contribution < 1.29 is 14.2 Å². The molecule has 3 rings (SSSR count). The van der Waals surface area contributed by atoms with Crippen LogP contribution in [-0.4, -0.2) is 76.5 Å². The first-order valence-electron chi connectivity index (χ1n) is 11.0. The zero-order chi connectivity index (χ0) is 22.8. The van der Waals surface area contributed by atoms with Gasteiger partial charge in [0.05, 0.1) is 33.5 Å². The lowest BCUT2D eigenvalue weighted by Crippen LogP contribution is -2.46. The molecule has 182 valence electrons. The quantitative estimate of drug-likeness (QED) is 0.273. The standard InChI is InChI=1S/C24H35N5O3.HI/c1-18-16-26-9-7-19(18)8-10-27-24(25-2)28-17-21(29-11-13-32-14-12-29)20-5-6-22(30-3)23(15-20)31-4;/h5-7,9,15-16,21H,8,10-14,17H2,1-4H3,(H2,25,27,28);1H. The van der Waals surface area contributed by atoms with Crippen molar-refractivity contribution >= 4 is 29.9 Å². The average Bonchev–Trinajstić information content (AvgIpc) is 2.84. The van der Waals surface area contributed by atoms with Gasteiger partial charge in [-0.3, -0.25) is 14.9 Å². The molecule has 33 heavy (non-hydrogen) atoms. The minimum absolute atomic E-state index is 0. The molecule has 0 radical (unpaired) electrons. The molecule has 2 aromatic rings. The Morgan fingerprint density at radius 1 is 1.15 bits per heavy atom. The number of nitrogens with zero attached hydrogens (tertiary/aromatic N) is 3. The second kappa shape index (κ2) is 14.2. The number of aliphatic imine (C=N–C) groups is 1. The summed E-state index contributed by atoms with van der Waals surface area (Å²) in [6.45, 7) is 6.84. The highest BCUT2D eigenvalue weighted by Crippen LogP contribution is 2.32. The fraction of sp³-hybridized carbons (Fsp3) is 0.500. The number of hydrogen-bond acceptors (Lipinski definition) is 6. The number of ether oxygens (including phenoxy) is 3. The molecule has 2 heterocycles. The summed E-state index contributed by atoms with van der Waals surface area (Å²) in [6, 6.07) is 8.35. The van der Waals surface area contributed by atoms with Gasteiger partial charge in [0.2, 0.25) is 0 Å². The molecule has 1 unspecified atom stereocenters. The van der Waals surface area contributed by atoms with Crippen LogP contribution in [0.5, 0.6) is 11.5 Å². The number of pyridine rings is 1. The van der Waals surface area contributed by atoms with E-state index in [0.29, 0.717) is 6.54 Å². The number of rotatable bonds is 9. The van der Waals surface area contributed by atoms with E-state index in [1.807, 2.05) is 18.5 Å². The number of aryl methyl sites for hydroxylation is 1. The van der Waals surface area contributed by atoms with Crippen LogP contribution in [0.25, 0.3) is 0 Å². The van der Waals surface area contributed by atoms with Crippen molar-refractivity contribution in [2.45, 2.75) is 19.4 Å². The van der Waals surface area contributed by atoms with Crippen molar-refractivity contribution in [3.63, 3.8) is 0 Å². The van der Waals surface area contributed by atoms with Crippen molar-refractivity contribution in [1.29, 1.82) is 0 Å². The third-order valence-corrected chi connectivity index (χ3v) is 5.79. The van der Waals surface area contributed by atoms with Gasteiger partial charge in [0.15, 0.2) is 17.5 Å². The molecule has 0 spiro atoms. The van der Waals surface area contributed by atoms with E-state index in [1.165, 1.54) is 16.7 Å². The van der Waals surface area contributed by atoms with Gasteiger partial charge in [0.25, 0.3) is 0 Å². The largest absolute Gasteiger partial charge is 0.493 e. The molecular formula is C24H36IN5O3. The van der Waals surface area contributed by atoms with Crippen molar-refractivity contribution in [3.8, 4) is 11.5 Å². The average molecular weight is 569 g/mol. The van der Waals surface area contributed by atoms with Crippen molar-refractivity contribution in [3.05, 3.63) is 53.3 Å². The van der Waals surface area contributed by atoms with Crippen LogP contribution in [0.1, 0.15) is 22.7 Å². The highest BCUT2D eigenvalue weighted by Gasteiger charge is 2.24. The van der Waals surface area contributed by atoms with E-state index in [1.54, 1.807) is 21.3 Å². The van der Waals surface area contributed by atoms with Gasteiger partial charge in [-0.25, -0.2) is 0 Å². The van der Waals surface area contributed by atoms with Crippen molar-refractivity contribution in [2.75, 3.05) is 60.7 Å². The van der Waals surface area contributed by atoms with Crippen LogP contribution in [0.15, 0.2) is 41.7 Å². The second-order valence-electron chi connectivity index (χ2n) is 7.71. The first-order chi connectivity index (χ1) is 15.7. The van der Waals surface area contributed by atoms with Gasteiger partial charge in [-0.15, -0.1) is 24.0 Å². The van der Waals surface area contributed by atoms with E-state index in [0.717, 1.165) is 56.7 Å². The summed E-state index contributed by atoms with van der Waals surface area (Å²) in [5.74, 6) is 2.25. The van der Waals surface area contributed by atoms with Crippen LogP contribution in [0, 0.1) is 6.92 Å². The maximum atomic E-state index is 5.57. The molecule has 0 aliphatic carbocycles. The number of methoxy groups -OCH3 is 2. The smallest absolute Gasteiger partial charge is 0.191 e. The summed E-state index contributed by atoms with van der Waals surface area (Å²) in [6.07, 6.45) is 4.65. The summed E-state index contributed by atoms with van der Waals surface area (Å²) in [5.41, 5.74) is 3.66. The van der Waals surface area contributed by atoms with E-state index < -0.39 is 0 Å². The Balaban J connectivity index is 0.00000385. The summed E-state index contributed by atoms with van der Waals surface area (Å²) in [7, 11) is 5.12. The molecule has 1 fully saturated rings. The minimum atomic E-state index is 0. The zero-order valence-corrected chi connectivity index (χ0v) is 22.3. The molecule has 9 heteroatoms. The fourth-order valence-corrected chi connectivity index (χ4v) is 3.92. The van der Waals surface area contributed by atoms with Gasteiger partial charge < -0.3 is 24.8 Å². The normalized spacial score (nSPS) is 15.3. The molecule has 0 bridgehead atoms. The number of guanidine groups is 1. The number of benzene rings is 1. The Morgan fingerprint density at radius 3 is 2.58 bits per heavy atom. The third-order valence-electron chi connectivity index (χ3n) is 5.79. The van der Waals surface area contributed by atoms with Crippen LogP contribution in [0.3, 0.4) is 0 Å². The molecule has 1 aromatic carbocycles. The van der Waals surface area contributed by atoms with E-state index in [4.69, 9.17) is 14.2 Å². The molecule has 1 aliphatic heterocycles. The monoisotopic (exact) mass is 569 g/mol. The number of aromatic nitrogens is 1. The van der Waals surface area contributed by atoms with Crippen molar-refractivity contribution in [1.82, 2.24) is 20.5 Å². The number of halogens is 1. The molecule has 1 atom stereocenters. The lowest BCUT2D eigenvalue weighted by atomic mass is 10.0. The lowest BCUT2D eigenvalue weighted by molar-refractivity contribution is 0.0169. The molecule has 8 nitrogen and oxygen atoms in total. The molecule has 1 aromatic heterocycles. The second-order valence-corrected chi connectivity index (χ2v) is 7.71. The Labute approximate surface area is 214 Å². The molecule has 2 N–H and O–H groups in total. The van der Waals surface area contributed by atoms with E-state index in [9.17, 15) is 0 Å². The molecular weight excluding hydrogens is 533 g/mol. The summed E-state index contributed by atoms with van der Waals surface area (Å²) >= 11 is 0. The van der Waals surface area contributed by atoms with Gasteiger partial charge in [0, 0.05) is 45.6 Å². The Hall–Kier alpha value is -2.11. The van der Waals surface area contributed by atoms with E-state index >= 15 is 0 Å². The Kier molecular flexibility index (Phi) is 11.7. The highest BCUT2D eigenvalue weighted by atomic mass is 127. The maximum Gasteiger partial charge on any atom is 0.191 e. The fourth-order valence-electron chi connectivity index (χ4n) is 3.92. The zero-order valence-electron chi connectivity index (χ0n) is 20.0. The predicted octanol–water partition coefficient (Wildman–Crippen LogP) is 2.81. The summed E-state index contributed by atoms with van der Waals surface area (Å²) in [4.78, 5) is 11.0. The van der Waals surface area contributed by atoms with E-state index in [2.05, 4.69) is 50.6 Å². The van der Waals surface area contributed by atoms with Gasteiger partial charge in [-0.2, -0.15) is 0 Å². The predicted molar refractivity (Wildman–Crippen MR) is 142 cm³/mol. The van der Waals surface area contributed by atoms with Gasteiger partial charge >= 0.3 is 0 Å². The highest BCUT2D eigenvalue weighted by molar-refractivity contribution is 14.0. The van der Waals surface area contributed by atoms with Crippen molar-refractivity contribution in [2.24, 2.45) is 4.99 Å². The molecule has 1 saturated heterocycles. The van der Waals surface area contributed by atoms with Crippen LogP contribution < -0.4 is 20.1 Å². The Morgan fingerprint density at radius 2 is 1.91 bits per heavy atom. The first kappa shape index (κ1) is 27.1. The SMILES string of the molecule is CN=C(NCCc1ccncc1C)NCC(c1ccc(OC)c(OC)c1)N1CCOCC1.I.